The van der Waals surface area contributed by atoms with Gasteiger partial charge in [-0.3, -0.25) is 4.99 Å². The first-order valence-electron chi connectivity index (χ1n) is 15.0. The van der Waals surface area contributed by atoms with E-state index in [9.17, 15) is 0 Å². The molecule has 0 amide bonds. The number of nitrogens with zero attached hydrogens (tertiary/aromatic N) is 1. The molecule has 0 aromatic heterocycles. The highest BCUT2D eigenvalue weighted by Gasteiger charge is 2.32. The third kappa shape index (κ3) is 7.23. The molecule has 2 aliphatic carbocycles. The second-order valence-corrected chi connectivity index (χ2v) is 16.4. The van der Waals surface area contributed by atoms with Gasteiger partial charge in [0.1, 0.15) is 0 Å². The smallest absolute Gasteiger partial charge is 0.0581 e. The summed E-state index contributed by atoms with van der Waals surface area (Å²) in [4.78, 5) is 5.41. The van der Waals surface area contributed by atoms with Crippen LogP contribution in [0.15, 0.2) is 96.0 Å². The Kier molecular flexibility index (Phi) is 10.6. The lowest BCUT2D eigenvalue weighted by atomic mass is 9.99. The van der Waals surface area contributed by atoms with Gasteiger partial charge in [0.15, 0.2) is 0 Å². The zero-order valence-corrected chi connectivity index (χ0v) is 25.0. The van der Waals surface area contributed by atoms with E-state index in [1.807, 2.05) is 0 Å². The van der Waals surface area contributed by atoms with Crippen molar-refractivity contribution in [2.24, 2.45) is 4.99 Å². The van der Waals surface area contributed by atoms with Crippen LogP contribution in [0.1, 0.15) is 82.4 Å². The van der Waals surface area contributed by atoms with Crippen molar-refractivity contribution < 1.29 is 0 Å². The van der Waals surface area contributed by atoms with Crippen LogP contribution in [0.3, 0.4) is 0 Å². The maximum Gasteiger partial charge on any atom is 0.0581 e. The normalized spacial score (nSPS) is 19.2. The standard InChI is InChI=1S/C35H45NP2/c1-29(36-27-28-37(31-19-9-3-10-20-31)32-21-11-4-12-22-32)35(30-17-7-2-8-18-30)38(33-23-13-5-14-24-33)34-25-15-6-16-26-34/h2,5-8,13-18,23-27,29,31-32,35H,3-4,9-12,19-22,28H2,1H3/b36-27+/t29-,35+/m0/s1. The molecule has 38 heavy (non-hydrogen) atoms. The Morgan fingerprint density at radius 1 is 0.658 bits per heavy atom. The van der Waals surface area contributed by atoms with Crippen LogP contribution in [0.2, 0.25) is 0 Å². The van der Waals surface area contributed by atoms with E-state index in [1.54, 1.807) is 0 Å². The van der Waals surface area contributed by atoms with E-state index in [4.69, 9.17) is 4.99 Å². The van der Waals surface area contributed by atoms with Gasteiger partial charge in [-0.2, -0.15) is 0 Å². The summed E-state index contributed by atoms with van der Waals surface area (Å²) < 4.78 is 0. The summed E-state index contributed by atoms with van der Waals surface area (Å²) in [7, 11) is -0.543. The maximum atomic E-state index is 5.41. The van der Waals surface area contributed by atoms with Crippen LogP contribution in [0.4, 0.5) is 0 Å². The molecule has 3 heteroatoms. The molecule has 3 aromatic rings. The van der Waals surface area contributed by atoms with E-state index < -0.39 is 7.92 Å². The molecule has 2 atom stereocenters. The number of benzene rings is 3. The second kappa shape index (κ2) is 14.5. The number of aliphatic imine (C=N–C) groups is 1. The van der Waals surface area contributed by atoms with Crippen molar-refractivity contribution in [1.29, 1.82) is 0 Å². The molecule has 0 N–H and O–H groups in total. The lowest BCUT2D eigenvalue weighted by Gasteiger charge is -2.38. The molecule has 0 heterocycles. The number of rotatable bonds is 10. The van der Waals surface area contributed by atoms with Crippen molar-refractivity contribution in [2.45, 2.75) is 94.2 Å². The molecule has 0 radical (unpaired) electrons. The molecule has 3 aromatic carbocycles. The molecule has 1 nitrogen and oxygen atoms in total. The van der Waals surface area contributed by atoms with Crippen LogP contribution >= 0.6 is 15.8 Å². The summed E-state index contributed by atoms with van der Waals surface area (Å²) in [5.41, 5.74) is 3.74. The first-order chi connectivity index (χ1) is 18.8. The third-order valence-electron chi connectivity index (χ3n) is 8.67. The molecular weight excluding hydrogens is 496 g/mol. The summed E-state index contributed by atoms with van der Waals surface area (Å²) in [6.45, 7) is 2.37. The van der Waals surface area contributed by atoms with E-state index in [-0.39, 0.29) is 14.0 Å². The molecule has 5 rings (SSSR count). The molecule has 0 aliphatic heterocycles. The zero-order chi connectivity index (χ0) is 26.0. The van der Waals surface area contributed by atoms with Gasteiger partial charge in [0.25, 0.3) is 0 Å². The second-order valence-electron chi connectivity index (χ2n) is 11.2. The Labute approximate surface area is 234 Å². The van der Waals surface area contributed by atoms with Crippen molar-refractivity contribution in [3.05, 3.63) is 96.6 Å². The lowest BCUT2D eigenvalue weighted by Crippen LogP contribution is -2.24. The van der Waals surface area contributed by atoms with Crippen LogP contribution in [0, 0.1) is 0 Å². The summed E-state index contributed by atoms with van der Waals surface area (Å²) in [6.07, 6.45) is 18.3. The predicted octanol–water partition coefficient (Wildman–Crippen LogP) is 9.47. The van der Waals surface area contributed by atoms with Gasteiger partial charge in [-0.05, 0) is 68.0 Å². The minimum Gasteiger partial charge on any atom is -0.293 e. The summed E-state index contributed by atoms with van der Waals surface area (Å²) in [6, 6.07) is 33.8. The lowest BCUT2D eigenvalue weighted by molar-refractivity contribution is 0.485. The molecule has 0 unspecified atom stereocenters. The molecule has 2 saturated carbocycles. The van der Waals surface area contributed by atoms with Crippen molar-refractivity contribution in [3.8, 4) is 0 Å². The fraction of sp³-hybridized carbons (Fsp3) is 0.457. The minimum atomic E-state index is -0.595. The van der Waals surface area contributed by atoms with E-state index >= 15 is 0 Å². The molecule has 0 bridgehead atoms. The molecule has 0 saturated heterocycles. The van der Waals surface area contributed by atoms with E-state index in [1.165, 1.54) is 86.5 Å². The van der Waals surface area contributed by atoms with Crippen molar-refractivity contribution in [2.75, 3.05) is 6.16 Å². The van der Waals surface area contributed by atoms with Gasteiger partial charge in [0.05, 0.1) is 6.04 Å². The largest absolute Gasteiger partial charge is 0.293 e. The Balaban J connectivity index is 1.43. The number of hydrogen-bond acceptors (Lipinski definition) is 1. The average Bonchev–Trinajstić information content (AvgIpc) is 3.00. The van der Waals surface area contributed by atoms with Gasteiger partial charge in [0.2, 0.25) is 0 Å². The molecule has 200 valence electrons. The van der Waals surface area contributed by atoms with Gasteiger partial charge in [-0.1, -0.05) is 137 Å². The van der Waals surface area contributed by atoms with Crippen LogP contribution in [-0.4, -0.2) is 29.7 Å². The Morgan fingerprint density at radius 3 is 1.58 bits per heavy atom. The first kappa shape index (κ1) is 27.7. The topological polar surface area (TPSA) is 12.4 Å². The van der Waals surface area contributed by atoms with Gasteiger partial charge >= 0.3 is 0 Å². The Bertz CT molecular complexity index is 1030. The number of hydrogen-bond donors (Lipinski definition) is 0. The Hall–Kier alpha value is -1.81. The highest BCUT2D eigenvalue weighted by molar-refractivity contribution is 7.73. The van der Waals surface area contributed by atoms with Gasteiger partial charge in [0, 0.05) is 18.0 Å². The van der Waals surface area contributed by atoms with Gasteiger partial charge in [-0.25, -0.2) is 0 Å². The first-order valence-corrected chi connectivity index (χ1v) is 18.1. The van der Waals surface area contributed by atoms with Crippen molar-refractivity contribution >= 4 is 32.7 Å². The summed E-state index contributed by atoms with van der Waals surface area (Å²) >= 11 is 0. The molecular formula is C35H45NP2. The molecule has 0 spiro atoms. The van der Waals surface area contributed by atoms with E-state index in [0.29, 0.717) is 5.66 Å². The monoisotopic (exact) mass is 541 g/mol. The highest BCUT2D eigenvalue weighted by Crippen LogP contribution is 2.55. The van der Waals surface area contributed by atoms with E-state index in [2.05, 4.69) is 104 Å². The summed E-state index contributed by atoms with van der Waals surface area (Å²) in [5, 5.41) is 2.88. The van der Waals surface area contributed by atoms with Crippen LogP contribution < -0.4 is 10.6 Å². The fourth-order valence-corrected chi connectivity index (χ4v) is 13.2. The Morgan fingerprint density at radius 2 is 1.11 bits per heavy atom. The minimum absolute atomic E-state index is 0.0518. The van der Waals surface area contributed by atoms with Crippen molar-refractivity contribution in [1.82, 2.24) is 0 Å². The third-order valence-corrected chi connectivity index (χ3v) is 15.2. The van der Waals surface area contributed by atoms with Crippen molar-refractivity contribution in [3.63, 3.8) is 0 Å². The van der Waals surface area contributed by atoms with Crippen LogP contribution in [-0.2, 0) is 0 Å². The van der Waals surface area contributed by atoms with Gasteiger partial charge in [-0.15, -0.1) is 0 Å². The zero-order valence-electron chi connectivity index (χ0n) is 23.2. The van der Waals surface area contributed by atoms with Crippen LogP contribution in [0.25, 0.3) is 0 Å². The highest BCUT2D eigenvalue weighted by atomic mass is 31.1. The average molecular weight is 542 g/mol. The fourth-order valence-electron chi connectivity index (χ4n) is 6.75. The van der Waals surface area contributed by atoms with Gasteiger partial charge < -0.3 is 0 Å². The SMILES string of the molecule is C[C@H](/N=C/CP(C1CCCCC1)C1CCCCC1)[C@H](c1ccccc1)P(c1ccccc1)c1ccccc1. The molecule has 2 aliphatic rings. The maximum absolute atomic E-state index is 5.41. The van der Waals surface area contributed by atoms with E-state index in [0.717, 1.165) is 11.3 Å². The van der Waals surface area contributed by atoms with Crippen LogP contribution in [0.5, 0.6) is 0 Å². The summed E-state index contributed by atoms with van der Waals surface area (Å²) in [5.74, 6) is 0. The predicted molar refractivity (Wildman–Crippen MR) is 172 cm³/mol. The quantitative estimate of drug-likeness (QED) is 0.179. The molecule has 2 fully saturated rings.